The van der Waals surface area contributed by atoms with Gasteiger partial charge >= 0.3 is 11.9 Å². The molecule has 4 nitrogen and oxygen atoms in total. The van der Waals surface area contributed by atoms with Crippen LogP contribution in [0.1, 0.15) is 13.8 Å². The average Bonchev–Trinajstić information content (AvgIpc) is 1.65. The van der Waals surface area contributed by atoms with Crippen molar-refractivity contribution in [2.75, 3.05) is 0 Å². The molecular weight excluding hydrogens is 108 g/mol. The highest BCUT2D eigenvalue weighted by atomic mass is 16.5. The SMILES string of the molecule is CC(=O)OC(C)=[N+]=[N-]. The summed E-state index contributed by atoms with van der Waals surface area (Å²) in [5.74, 6) is -0.530. The van der Waals surface area contributed by atoms with Crippen LogP contribution in [0.15, 0.2) is 0 Å². The van der Waals surface area contributed by atoms with Gasteiger partial charge < -0.3 is 10.3 Å². The molecule has 0 N–H and O–H groups in total. The number of rotatable bonds is 0. The van der Waals surface area contributed by atoms with E-state index in [-0.39, 0.29) is 5.90 Å². The number of carbonyl (C=O) groups is 1. The molecule has 44 valence electrons. The molecule has 0 aliphatic heterocycles. The normalized spacial score (nSPS) is 7.25. The Labute approximate surface area is 46.7 Å². The van der Waals surface area contributed by atoms with Crippen molar-refractivity contribution in [2.45, 2.75) is 13.8 Å². The lowest BCUT2D eigenvalue weighted by molar-refractivity contribution is -0.138. The summed E-state index contributed by atoms with van der Waals surface area (Å²) in [5, 5.41) is 0. The Morgan fingerprint density at radius 3 is 2.25 bits per heavy atom. The van der Waals surface area contributed by atoms with Crippen LogP contribution >= 0.6 is 0 Å². The van der Waals surface area contributed by atoms with Crippen LogP contribution in [0.3, 0.4) is 0 Å². The highest BCUT2D eigenvalue weighted by Gasteiger charge is 2.00. The zero-order chi connectivity index (χ0) is 6.57. The molecule has 0 aromatic heterocycles. The van der Waals surface area contributed by atoms with Crippen molar-refractivity contribution in [3.63, 3.8) is 0 Å². The monoisotopic (exact) mass is 114 g/mol. The lowest BCUT2D eigenvalue weighted by Crippen LogP contribution is -2.05. The first-order chi connectivity index (χ1) is 3.66. The molecule has 0 aliphatic carbocycles. The topological polar surface area (TPSA) is 62.7 Å². The lowest BCUT2D eigenvalue weighted by Gasteiger charge is -1.84. The standard InChI is InChI=1S/C4H6N2O2/c1-3(6-5)8-4(2)7/h1-2H3. The molecule has 0 rings (SSSR count). The van der Waals surface area contributed by atoms with Crippen molar-refractivity contribution in [1.29, 1.82) is 0 Å². The second-order valence-corrected chi connectivity index (χ2v) is 1.21. The fraction of sp³-hybridized carbons (Fsp3) is 0.500. The van der Waals surface area contributed by atoms with Crippen molar-refractivity contribution in [1.82, 2.24) is 0 Å². The molecule has 0 atom stereocenters. The van der Waals surface area contributed by atoms with Crippen LogP contribution in [0.25, 0.3) is 5.53 Å². The molecule has 0 aliphatic rings. The van der Waals surface area contributed by atoms with E-state index < -0.39 is 5.97 Å². The van der Waals surface area contributed by atoms with Gasteiger partial charge in [-0.05, 0) is 0 Å². The van der Waals surface area contributed by atoms with Crippen LogP contribution in [-0.4, -0.2) is 16.7 Å². The molecule has 0 saturated carbocycles. The molecular formula is C4H6N2O2. The minimum atomic E-state index is -0.486. The summed E-state index contributed by atoms with van der Waals surface area (Å²) >= 11 is 0. The summed E-state index contributed by atoms with van der Waals surface area (Å²) in [7, 11) is 0. The van der Waals surface area contributed by atoms with Crippen molar-refractivity contribution >= 4 is 11.9 Å². The largest absolute Gasteiger partial charge is 0.454 e. The molecule has 0 spiro atoms. The predicted octanol–water partition coefficient (Wildman–Crippen LogP) is 0.198. The molecule has 0 amide bonds. The van der Waals surface area contributed by atoms with Gasteiger partial charge in [0.1, 0.15) is 0 Å². The number of esters is 1. The fourth-order valence-corrected chi connectivity index (χ4v) is 0.228. The molecule has 0 saturated heterocycles. The van der Waals surface area contributed by atoms with Crippen molar-refractivity contribution < 1.29 is 14.3 Å². The van der Waals surface area contributed by atoms with Crippen molar-refractivity contribution in [3.05, 3.63) is 5.53 Å². The minimum absolute atomic E-state index is 0.0440. The van der Waals surface area contributed by atoms with E-state index in [1.807, 2.05) is 0 Å². The summed E-state index contributed by atoms with van der Waals surface area (Å²) in [6.07, 6.45) is 0. The van der Waals surface area contributed by atoms with Gasteiger partial charge in [0.15, 0.2) is 0 Å². The lowest BCUT2D eigenvalue weighted by atomic mass is 10.7. The number of ether oxygens (including phenoxy) is 1. The van der Waals surface area contributed by atoms with Gasteiger partial charge in [-0.15, -0.1) is 4.79 Å². The van der Waals surface area contributed by atoms with Crippen LogP contribution in [0.5, 0.6) is 0 Å². The average molecular weight is 114 g/mol. The zero-order valence-corrected chi connectivity index (χ0v) is 4.71. The van der Waals surface area contributed by atoms with Gasteiger partial charge in [0.25, 0.3) is 0 Å². The Morgan fingerprint density at radius 2 is 2.12 bits per heavy atom. The molecule has 0 heterocycles. The Morgan fingerprint density at radius 1 is 1.62 bits per heavy atom. The maximum atomic E-state index is 10.00. The van der Waals surface area contributed by atoms with Crippen molar-refractivity contribution in [2.24, 2.45) is 0 Å². The number of carbonyl (C=O) groups excluding carboxylic acids is 1. The predicted molar refractivity (Wildman–Crippen MR) is 26.1 cm³/mol. The summed E-state index contributed by atoms with van der Waals surface area (Å²) in [4.78, 5) is 12.6. The summed E-state index contributed by atoms with van der Waals surface area (Å²) in [6, 6.07) is 0. The van der Waals surface area contributed by atoms with E-state index in [9.17, 15) is 4.79 Å². The van der Waals surface area contributed by atoms with E-state index in [4.69, 9.17) is 5.53 Å². The molecule has 8 heavy (non-hydrogen) atoms. The minimum Gasteiger partial charge on any atom is -0.363 e. The molecule has 0 aromatic carbocycles. The number of nitrogens with zero attached hydrogens (tertiary/aromatic N) is 2. The van der Waals surface area contributed by atoms with Crippen LogP contribution < -0.4 is 0 Å². The maximum Gasteiger partial charge on any atom is 0.454 e. The van der Waals surface area contributed by atoms with Gasteiger partial charge in [-0.25, -0.2) is 0 Å². The zero-order valence-electron chi connectivity index (χ0n) is 4.71. The maximum absolute atomic E-state index is 10.00. The highest BCUT2D eigenvalue weighted by Crippen LogP contribution is 1.74. The summed E-state index contributed by atoms with van der Waals surface area (Å²) in [5.41, 5.74) is 7.89. The van der Waals surface area contributed by atoms with E-state index in [1.165, 1.54) is 13.8 Å². The smallest absolute Gasteiger partial charge is 0.363 e. The first kappa shape index (κ1) is 6.85. The second kappa shape index (κ2) is 2.93. The Bertz CT molecular complexity index is 146. The second-order valence-electron chi connectivity index (χ2n) is 1.21. The third kappa shape index (κ3) is 3.06. The van der Waals surface area contributed by atoms with E-state index in [2.05, 4.69) is 9.53 Å². The van der Waals surface area contributed by atoms with Gasteiger partial charge in [0, 0.05) is 6.92 Å². The van der Waals surface area contributed by atoms with Gasteiger partial charge in [0.2, 0.25) is 0 Å². The summed E-state index contributed by atoms with van der Waals surface area (Å²) in [6.45, 7) is 2.61. The Balaban J connectivity index is 3.74. The quantitative estimate of drug-likeness (QED) is 0.148. The van der Waals surface area contributed by atoms with Crippen LogP contribution in [-0.2, 0) is 9.53 Å². The third-order valence-electron chi connectivity index (χ3n) is 0.432. The molecule has 0 radical (unpaired) electrons. The van der Waals surface area contributed by atoms with Gasteiger partial charge in [-0.2, -0.15) is 0 Å². The number of hydrogen-bond acceptors (Lipinski definition) is 2. The molecule has 0 aromatic rings. The van der Waals surface area contributed by atoms with Crippen molar-refractivity contribution in [3.8, 4) is 0 Å². The fourth-order valence-electron chi connectivity index (χ4n) is 0.228. The number of hydrogen-bond donors (Lipinski definition) is 0. The van der Waals surface area contributed by atoms with E-state index in [0.717, 1.165) is 0 Å². The van der Waals surface area contributed by atoms with Gasteiger partial charge in [-0.1, -0.05) is 0 Å². The summed E-state index contributed by atoms with van der Waals surface area (Å²) < 4.78 is 4.26. The van der Waals surface area contributed by atoms with Crippen LogP contribution in [0.2, 0.25) is 0 Å². The first-order valence-electron chi connectivity index (χ1n) is 2.04. The molecule has 4 heteroatoms. The molecule has 0 fully saturated rings. The first-order valence-corrected chi connectivity index (χ1v) is 2.04. The van der Waals surface area contributed by atoms with Crippen LogP contribution in [0, 0.1) is 0 Å². The van der Waals surface area contributed by atoms with Gasteiger partial charge in [-0.3, -0.25) is 4.79 Å². The van der Waals surface area contributed by atoms with Crippen LogP contribution in [0.4, 0.5) is 0 Å². The molecule has 0 unspecified atom stereocenters. The molecule has 0 bridgehead atoms. The Hall–Kier alpha value is -1.15. The third-order valence-corrected chi connectivity index (χ3v) is 0.432. The van der Waals surface area contributed by atoms with E-state index in [1.54, 1.807) is 0 Å². The van der Waals surface area contributed by atoms with E-state index in [0.29, 0.717) is 0 Å². The van der Waals surface area contributed by atoms with Gasteiger partial charge in [0.05, 0.1) is 6.92 Å². The van der Waals surface area contributed by atoms with E-state index >= 15 is 0 Å². The Kier molecular flexibility index (Phi) is 2.51. The highest BCUT2D eigenvalue weighted by molar-refractivity contribution is 5.82.